The third-order valence-corrected chi connectivity index (χ3v) is 3.89. The number of alkyl halides is 3. The van der Waals surface area contributed by atoms with Crippen molar-refractivity contribution in [2.24, 2.45) is 5.10 Å². The van der Waals surface area contributed by atoms with Crippen LogP contribution in [0.5, 0.6) is 0 Å². The van der Waals surface area contributed by atoms with E-state index in [-0.39, 0.29) is 25.7 Å². The third-order valence-electron chi connectivity index (χ3n) is 1.84. The predicted molar refractivity (Wildman–Crippen MR) is 75.7 cm³/mol. The summed E-state index contributed by atoms with van der Waals surface area (Å²) in [5.41, 5.74) is -2.97. The average molecular weight is 374 g/mol. The van der Waals surface area contributed by atoms with Gasteiger partial charge in [0.25, 0.3) is 0 Å². The van der Waals surface area contributed by atoms with E-state index in [2.05, 4.69) is 10.5 Å². The summed E-state index contributed by atoms with van der Waals surface area (Å²) >= 11 is 16.8. The van der Waals surface area contributed by atoms with Crippen molar-refractivity contribution in [2.45, 2.75) is 10.4 Å². The van der Waals surface area contributed by atoms with Gasteiger partial charge in [0.1, 0.15) is 12.1 Å². The lowest BCUT2D eigenvalue weighted by atomic mass is 10.3. The summed E-state index contributed by atoms with van der Waals surface area (Å²) in [6, 6.07) is 3.89. The Kier molecular flexibility index (Phi) is 5.99. The van der Waals surface area contributed by atoms with E-state index in [1.54, 1.807) is 0 Å². The van der Waals surface area contributed by atoms with Gasteiger partial charge in [0.15, 0.2) is 0 Å². The van der Waals surface area contributed by atoms with Crippen LogP contribution in [0.4, 0.5) is 18.9 Å². The van der Waals surface area contributed by atoms with Gasteiger partial charge in [0.05, 0.1) is 20.8 Å². The molecule has 1 rings (SSSR count). The van der Waals surface area contributed by atoms with Crippen LogP contribution in [0.3, 0.4) is 0 Å². The van der Waals surface area contributed by atoms with E-state index in [1.807, 2.05) is 0 Å². The molecule has 0 bridgehead atoms. The summed E-state index contributed by atoms with van der Waals surface area (Å²) in [5, 5.41) is 19.5. The van der Waals surface area contributed by atoms with E-state index in [0.717, 1.165) is 6.07 Å². The van der Waals surface area contributed by atoms with Crippen molar-refractivity contribution in [3.8, 4) is 12.1 Å². The van der Waals surface area contributed by atoms with Crippen LogP contribution in [0.2, 0.25) is 15.1 Å². The molecule has 1 aromatic rings. The zero-order valence-corrected chi connectivity index (χ0v) is 12.7. The molecule has 0 aromatic heterocycles. The van der Waals surface area contributed by atoms with Crippen LogP contribution in [0, 0.1) is 22.7 Å². The highest BCUT2D eigenvalue weighted by Crippen LogP contribution is 2.47. The van der Waals surface area contributed by atoms with Gasteiger partial charge in [-0.05, 0) is 17.8 Å². The molecule has 0 saturated carbocycles. The maximum absolute atomic E-state index is 12.3. The van der Waals surface area contributed by atoms with E-state index in [9.17, 15) is 13.2 Å². The predicted octanol–water partition coefficient (Wildman–Crippen LogP) is 5.07. The van der Waals surface area contributed by atoms with Crippen molar-refractivity contribution in [1.82, 2.24) is 0 Å². The Balaban J connectivity index is 3.22. The lowest BCUT2D eigenvalue weighted by molar-refractivity contribution is -0.0328. The molecule has 0 fully saturated rings. The highest BCUT2D eigenvalue weighted by atomic mass is 35.5. The fraction of sp³-hybridized carbons (Fsp3) is 0.100. The smallest absolute Gasteiger partial charge is 0.273 e. The molecule has 0 atom stereocenters. The molecule has 0 saturated heterocycles. The zero-order chi connectivity index (χ0) is 16.2. The maximum atomic E-state index is 12.3. The van der Waals surface area contributed by atoms with Gasteiger partial charge in [-0.25, -0.2) is 0 Å². The average Bonchev–Trinajstić information content (AvgIpc) is 2.38. The van der Waals surface area contributed by atoms with Gasteiger partial charge in [-0.2, -0.15) is 28.8 Å². The number of rotatable bonds is 3. The van der Waals surface area contributed by atoms with Crippen molar-refractivity contribution < 1.29 is 13.2 Å². The molecule has 1 N–H and O–H groups in total. The Bertz CT molecular complexity index is 660. The summed E-state index contributed by atoms with van der Waals surface area (Å²) in [4.78, 5) is -0.380. The van der Waals surface area contributed by atoms with Gasteiger partial charge in [-0.1, -0.05) is 34.8 Å². The van der Waals surface area contributed by atoms with Gasteiger partial charge in [-0.3, -0.25) is 5.43 Å². The van der Waals surface area contributed by atoms with Gasteiger partial charge in [0, 0.05) is 4.90 Å². The van der Waals surface area contributed by atoms with Gasteiger partial charge >= 0.3 is 5.51 Å². The molecule has 0 aliphatic carbocycles. The number of nitrogens with zero attached hydrogens (tertiary/aromatic N) is 3. The van der Waals surface area contributed by atoms with Crippen molar-refractivity contribution in [3.63, 3.8) is 0 Å². The van der Waals surface area contributed by atoms with Crippen LogP contribution in [0.25, 0.3) is 0 Å². The third kappa shape index (κ3) is 4.87. The minimum atomic E-state index is -4.56. The van der Waals surface area contributed by atoms with E-state index in [4.69, 9.17) is 45.3 Å². The highest BCUT2D eigenvalue weighted by molar-refractivity contribution is 8.00. The molecule has 0 radical (unpaired) electrons. The SMILES string of the molecule is N#CC(C#N)=NNc1c(Cl)cc(SC(F)(F)F)c(Cl)c1Cl. The largest absolute Gasteiger partial charge is 0.446 e. The fourth-order valence-electron chi connectivity index (χ4n) is 1.06. The Morgan fingerprint density at radius 3 is 2.24 bits per heavy atom. The summed E-state index contributed by atoms with van der Waals surface area (Å²) in [6.45, 7) is 0. The first-order valence-corrected chi connectivity index (χ1v) is 6.71. The van der Waals surface area contributed by atoms with Crippen LogP contribution in [-0.2, 0) is 0 Å². The van der Waals surface area contributed by atoms with Crippen LogP contribution in [-0.4, -0.2) is 11.2 Å². The molecular weight excluding hydrogens is 372 g/mol. The number of hydrogen-bond acceptors (Lipinski definition) is 5. The Morgan fingerprint density at radius 1 is 1.19 bits per heavy atom. The van der Waals surface area contributed by atoms with E-state index in [0.29, 0.717) is 0 Å². The monoisotopic (exact) mass is 372 g/mol. The quantitative estimate of drug-likeness (QED) is 0.347. The molecule has 0 amide bonds. The molecule has 21 heavy (non-hydrogen) atoms. The van der Waals surface area contributed by atoms with Crippen LogP contribution in [0.1, 0.15) is 0 Å². The first-order valence-electron chi connectivity index (χ1n) is 4.76. The summed E-state index contributed by atoms with van der Waals surface area (Å²) in [7, 11) is 0. The zero-order valence-electron chi connectivity index (χ0n) is 9.60. The summed E-state index contributed by atoms with van der Waals surface area (Å²) in [5.74, 6) is 0. The minimum Gasteiger partial charge on any atom is -0.273 e. The molecule has 4 nitrogen and oxygen atoms in total. The fourth-order valence-corrected chi connectivity index (χ4v) is 2.60. The normalized spacial score (nSPS) is 10.5. The maximum Gasteiger partial charge on any atom is 0.446 e. The number of nitriles is 2. The minimum absolute atomic E-state index is 0.113. The van der Waals surface area contributed by atoms with Crippen LogP contribution < -0.4 is 5.43 Å². The Hall–Kier alpha value is -1.32. The molecule has 0 spiro atoms. The Morgan fingerprint density at radius 2 is 1.76 bits per heavy atom. The lowest BCUT2D eigenvalue weighted by Crippen LogP contribution is -2.01. The number of thioether (sulfide) groups is 1. The van der Waals surface area contributed by atoms with Gasteiger partial charge in [-0.15, -0.1) is 0 Å². The number of halogens is 6. The second-order valence-corrected chi connectivity index (χ2v) is 5.47. The Labute approximate surface area is 136 Å². The summed E-state index contributed by atoms with van der Waals surface area (Å²) < 4.78 is 37.0. The van der Waals surface area contributed by atoms with Crippen molar-refractivity contribution >= 4 is 58.0 Å². The summed E-state index contributed by atoms with van der Waals surface area (Å²) in [6.07, 6.45) is 0. The molecule has 0 aliphatic rings. The molecule has 0 heterocycles. The second-order valence-electron chi connectivity index (χ2n) is 3.20. The number of hydrogen-bond donors (Lipinski definition) is 1. The van der Waals surface area contributed by atoms with Crippen molar-refractivity contribution in [1.29, 1.82) is 10.5 Å². The molecule has 1 aromatic carbocycles. The van der Waals surface area contributed by atoms with Gasteiger partial charge in [0.2, 0.25) is 5.71 Å². The molecule has 0 aliphatic heterocycles. The number of anilines is 1. The number of nitrogens with one attached hydrogen (secondary N) is 1. The first-order chi connectivity index (χ1) is 9.69. The van der Waals surface area contributed by atoms with E-state index in [1.165, 1.54) is 12.1 Å². The number of hydrazone groups is 1. The molecule has 110 valence electrons. The van der Waals surface area contributed by atoms with Crippen LogP contribution in [0.15, 0.2) is 16.1 Å². The van der Waals surface area contributed by atoms with Crippen LogP contribution >= 0.6 is 46.6 Å². The molecule has 11 heteroatoms. The van der Waals surface area contributed by atoms with E-state index >= 15 is 0 Å². The molecule has 0 unspecified atom stereocenters. The topological polar surface area (TPSA) is 72.0 Å². The second kappa shape index (κ2) is 7.10. The first kappa shape index (κ1) is 17.7. The lowest BCUT2D eigenvalue weighted by Gasteiger charge is -2.13. The highest BCUT2D eigenvalue weighted by Gasteiger charge is 2.31. The van der Waals surface area contributed by atoms with Crippen molar-refractivity contribution in [3.05, 3.63) is 21.1 Å². The van der Waals surface area contributed by atoms with E-state index < -0.39 is 23.0 Å². The van der Waals surface area contributed by atoms with Gasteiger partial charge < -0.3 is 0 Å². The molecular formula is C10H2Cl3F3N4S. The van der Waals surface area contributed by atoms with Crippen molar-refractivity contribution in [2.75, 3.05) is 5.43 Å². The standard InChI is InChI=1S/C10H2Cl3F3N4S/c11-5-1-6(21-10(14,15)16)7(12)8(13)9(5)20-19-4(2-17)3-18/h1,20H. The number of benzene rings is 1.